The molecule has 4 saturated carbocycles. The van der Waals surface area contributed by atoms with Gasteiger partial charge >= 0.3 is 6.09 Å². The van der Waals surface area contributed by atoms with Crippen LogP contribution >= 0.6 is 0 Å². The molecule has 4 fully saturated rings. The second kappa shape index (κ2) is 4.99. The molecule has 118 valence electrons. The number of carbonyl (C=O) groups is 2. The maximum absolute atomic E-state index is 12.7. The van der Waals surface area contributed by atoms with Crippen LogP contribution in [-0.4, -0.2) is 24.0 Å². The number of nitrogens with one attached hydrogen (secondary N) is 1. The van der Waals surface area contributed by atoms with E-state index in [9.17, 15) is 9.59 Å². The average Bonchev–Trinajstić information content (AvgIpc) is 2.32. The lowest BCUT2D eigenvalue weighted by Crippen LogP contribution is -2.52. The molecule has 0 radical (unpaired) electrons. The first-order valence-electron chi connectivity index (χ1n) is 8.26. The number of ketones is 1. The van der Waals surface area contributed by atoms with Gasteiger partial charge in [0.25, 0.3) is 0 Å². The first-order chi connectivity index (χ1) is 9.76. The lowest BCUT2D eigenvalue weighted by atomic mass is 9.48. The van der Waals surface area contributed by atoms with Gasteiger partial charge in [0, 0.05) is 5.41 Å². The minimum Gasteiger partial charge on any atom is -0.444 e. The number of amides is 1. The first-order valence-corrected chi connectivity index (χ1v) is 8.26. The molecule has 21 heavy (non-hydrogen) atoms. The van der Waals surface area contributed by atoms with Crippen molar-refractivity contribution in [2.75, 3.05) is 6.54 Å². The lowest BCUT2D eigenvalue weighted by Gasteiger charge is -2.55. The molecule has 0 aromatic carbocycles. The van der Waals surface area contributed by atoms with Crippen molar-refractivity contribution in [3.8, 4) is 0 Å². The molecule has 0 unspecified atom stereocenters. The van der Waals surface area contributed by atoms with Gasteiger partial charge in [0.1, 0.15) is 5.60 Å². The molecule has 0 aliphatic heterocycles. The number of alkyl carbamates (subject to hydrolysis) is 1. The van der Waals surface area contributed by atoms with Crippen molar-refractivity contribution in [2.24, 2.45) is 23.2 Å². The molecular weight excluding hydrogens is 266 g/mol. The van der Waals surface area contributed by atoms with Crippen LogP contribution in [-0.2, 0) is 9.53 Å². The maximum atomic E-state index is 12.7. The van der Waals surface area contributed by atoms with Crippen LogP contribution in [0.4, 0.5) is 4.79 Å². The van der Waals surface area contributed by atoms with Gasteiger partial charge in [-0.2, -0.15) is 0 Å². The summed E-state index contributed by atoms with van der Waals surface area (Å²) in [6.07, 6.45) is 6.64. The van der Waals surface area contributed by atoms with Gasteiger partial charge in [0.05, 0.1) is 6.54 Å². The fraction of sp³-hybridized carbons (Fsp3) is 0.882. The number of hydrogen-bond acceptors (Lipinski definition) is 3. The van der Waals surface area contributed by atoms with Crippen LogP contribution in [0.3, 0.4) is 0 Å². The van der Waals surface area contributed by atoms with Crippen LogP contribution in [0.15, 0.2) is 0 Å². The van der Waals surface area contributed by atoms with Crippen molar-refractivity contribution in [1.82, 2.24) is 5.32 Å². The Bertz CT molecular complexity index is 414. The molecule has 4 bridgehead atoms. The Morgan fingerprint density at radius 1 is 1.05 bits per heavy atom. The fourth-order valence-corrected chi connectivity index (χ4v) is 5.11. The van der Waals surface area contributed by atoms with Gasteiger partial charge in [0.15, 0.2) is 5.78 Å². The third-order valence-corrected chi connectivity index (χ3v) is 5.42. The van der Waals surface area contributed by atoms with Gasteiger partial charge < -0.3 is 10.1 Å². The van der Waals surface area contributed by atoms with Crippen LogP contribution in [0.2, 0.25) is 0 Å². The molecule has 0 spiro atoms. The normalized spacial score (nSPS) is 37.4. The monoisotopic (exact) mass is 293 g/mol. The van der Waals surface area contributed by atoms with E-state index in [1.165, 1.54) is 19.3 Å². The minimum absolute atomic E-state index is 0.126. The number of carbonyl (C=O) groups excluding carboxylic acids is 2. The summed E-state index contributed by atoms with van der Waals surface area (Å²) in [4.78, 5) is 24.4. The van der Waals surface area contributed by atoms with Crippen molar-refractivity contribution in [2.45, 2.75) is 64.9 Å². The summed E-state index contributed by atoms with van der Waals surface area (Å²) in [5.74, 6) is 2.48. The molecule has 0 saturated heterocycles. The zero-order valence-corrected chi connectivity index (χ0v) is 13.4. The number of rotatable bonds is 3. The molecule has 0 aromatic rings. The Balaban J connectivity index is 1.57. The lowest BCUT2D eigenvalue weighted by molar-refractivity contribution is -0.142. The molecule has 4 aliphatic carbocycles. The van der Waals surface area contributed by atoms with E-state index in [4.69, 9.17) is 4.74 Å². The van der Waals surface area contributed by atoms with Gasteiger partial charge in [-0.3, -0.25) is 4.79 Å². The number of ether oxygens (including phenoxy) is 1. The second-order valence-corrected chi connectivity index (χ2v) is 8.48. The van der Waals surface area contributed by atoms with Crippen molar-refractivity contribution in [3.63, 3.8) is 0 Å². The highest BCUT2D eigenvalue weighted by molar-refractivity contribution is 5.89. The van der Waals surface area contributed by atoms with Gasteiger partial charge in [-0.15, -0.1) is 0 Å². The summed E-state index contributed by atoms with van der Waals surface area (Å²) < 4.78 is 5.20. The van der Waals surface area contributed by atoms with E-state index < -0.39 is 11.7 Å². The van der Waals surface area contributed by atoms with Gasteiger partial charge in [-0.05, 0) is 77.0 Å². The minimum atomic E-state index is -0.520. The van der Waals surface area contributed by atoms with E-state index in [0.29, 0.717) is 0 Å². The summed E-state index contributed by atoms with van der Waals surface area (Å²) >= 11 is 0. The zero-order valence-electron chi connectivity index (χ0n) is 13.4. The Kier molecular flexibility index (Phi) is 3.53. The molecule has 0 atom stereocenters. The summed E-state index contributed by atoms with van der Waals surface area (Å²) in [6, 6.07) is 0. The second-order valence-electron chi connectivity index (χ2n) is 8.48. The van der Waals surface area contributed by atoms with Crippen LogP contribution in [0.25, 0.3) is 0 Å². The molecule has 1 N–H and O–H groups in total. The highest BCUT2D eigenvalue weighted by Gasteiger charge is 2.54. The van der Waals surface area contributed by atoms with Crippen LogP contribution in [0, 0.1) is 23.2 Å². The predicted octanol–water partition coefficient (Wildman–Crippen LogP) is 3.30. The summed E-state index contributed by atoms with van der Waals surface area (Å²) in [5.41, 5.74) is -0.655. The Labute approximate surface area is 127 Å². The molecule has 4 nitrogen and oxygen atoms in total. The third kappa shape index (κ3) is 3.09. The first kappa shape index (κ1) is 14.9. The molecule has 4 rings (SSSR count). The topological polar surface area (TPSA) is 55.4 Å². The van der Waals surface area contributed by atoms with E-state index in [1.807, 2.05) is 20.8 Å². The largest absolute Gasteiger partial charge is 0.444 e. The Hall–Kier alpha value is -1.06. The van der Waals surface area contributed by atoms with E-state index in [0.717, 1.165) is 37.0 Å². The van der Waals surface area contributed by atoms with E-state index in [-0.39, 0.29) is 17.7 Å². The van der Waals surface area contributed by atoms with Crippen molar-refractivity contribution in [1.29, 1.82) is 0 Å². The van der Waals surface area contributed by atoms with Crippen LogP contribution in [0.1, 0.15) is 59.3 Å². The van der Waals surface area contributed by atoms with Gasteiger partial charge in [0.2, 0.25) is 0 Å². The molecule has 4 aliphatic rings. The molecule has 4 heteroatoms. The molecule has 0 heterocycles. The van der Waals surface area contributed by atoms with Crippen molar-refractivity contribution in [3.05, 3.63) is 0 Å². The zero-order chi connectivity index (χ0) is 15.3. The number of hydrogen-bond donors (Lipinski definition) is 1. The SMILES string of the molecule is CC(C)(C)OC(=O)NCC(=O)C12CC3CC(CC(C3)C1)C2. The molecular formula is C17H27NO3. The van der Waals surface area contributed by atoms with E-state index in [1.54, 1.807) is 0 Å². The third-order valence-electron chi connectivity index (χ3n) is 5.42. The molecule has 1 amide bonds. The Morgan fingerprint density at radius 2 is 1.52 bits per heavy atom. The highest BCUT2D eigenvalue weighted by atomic mass is 16.6. The highest BCUT2D eigenvalue weighted by Crippen LogP contribution is 2.60. The Morgan fingerprint density at radius 3 is 1.95 bits per heavy atom. The van der Waals surface area contributed by atoms with Gasteiger partial charge in [-0.1, -0.05) is 0 Å². The summed E-state index contributed by atoms with van der Waals surface area (Å²) in [5, 5.41) is 2.65. The predicted molar refractivity (Wildman–Crippen MR) is 79.8 cm³/mol. The van der Waals surface area contributed by atoms with E-state index >= 15 is 0 Å². The smallest absolute Gasteiger partial charge is 0.408 e. The quantitative estimate of drug-likeness (QED) is 0.868. The molecule has 0 aromatic heterocycles. The summed E-state index contributed by atoms with van der Waals surface area (Å²) in [7, 11) is 0. The van der Waals surface area contributed by atoms with Crippen LogP contribution < -0.4 is 5.32 Å². The van der Waals surface area contributed by atoms with Crippen molar-refractivity contribution < 1.29 is 14.3 Å². The van der Waals surface area contributed by atoms with Gasteiger partial charge in [-0.25, -0.2) is 4.79 Å². The fourth-order valence-electron chi connectivity index (χ4n) is 5.11. The average molecular weight is 293 g/mol. The summed E-state index contributed by atoms with van der Waals surface area (Å²) in [6.45, 7) is 5.61. The standard InChI is InChI=1S/C17H27NO3/c1-16(2,3)21-15(20)18-10-14(19)17-7-11-4-12(8-17)6-13(5-11)9-17/h11-13H,4-10H2,1-3H3,(H,18,20). The number of Topliss-reactive ketones (excluding diaryl/α,β-unsaturated/α-hetero) is 1. The van der Waals surface area contributed by atoms with Crippen molar-refractivity contribution >= 4 is 11.9 Å². The van der Waals surface area contributed by atoms with E-state index in [2.05, 4.69) is 5.32 Å². The maximum Gasteiger partial charge on any atom is 0.408 e. The van der Waals surface area contributed by atoms with Crippen LogP contribution in [0.5, 0.6) is 0 Å².